The molecule has 1 aromatic rings. The van der Waals surface area contributed by atoms with E-state index < -0.39 is 6.04 Å². The van der Waals surface area contributed by atoms with Gasteiger partial charge in [0.05, 0.1) is 6.61 Å². The molecule has 0 radical (unpaired) electrons. The van der Waals surface area contributed by atoms with Crippen LogP contribution in [-0.4, -0.2) is 32.3 Å². The van der Waals surface area contributed by atoms with Crippen molar-refractivity contribution in [2.75, 3.05) is 20.3 Å². The van der Waals surface area contributed by atoms with Gasteiger partial charge in [0.15, 0.2) is 0 Å². The number of hydrogen-bond acceptors (Lipinski definition) is 4. The summed E-state index contributed by atoms with van der Waals surface area (Å²) in [6.07, 6.45) is 2.21. The molecule has 0 aliphatic rings. The molecule has 1 unspecified atom stereocenters. The fourth-order valence-electron chi connectivity index (χ4n) is 1.56. The van der Waals surface area contributed by atoms with Crippen LogP contribution in [0.2, 0.25) is 0 Å². The molecule has 0 heterocycles. The lowest BCUT2D eigenvalue weighted by Gasteiger charge is -2.10. The van der Waals surface area contributed by atoms with Gasteiger partial charge in [-0.25, -0.2) is 0 Å². The van der Waals surface area contributed by atoms with E-state index >= 15 is 0 Å². The summed E-state index contributed by atoms with van der Waals surface area (Å²) in [6.45, 7) is 0.884. The van der Waals surface area contributed by atoms with E-state index in [9.17, 15) is 4.79 Å². The van der Waals surface area contributed by atoms with Gasteiger partial charge in [-0.05, 0) is 24.8 Å². The highest BCUT2D eigenvalue weighted by Crippen LogP contribution is 2.03. The Hall–Kier alpha value is -1.39. The van der Waals surface area contributed by atoms with Crippen molar-refractivity contribution in [2.24, 2.45) is 5.73 Å². The van der Waals surface area contributed by atoms with E-state index in [4.69, 9.17) is 15.2 Å². The minimum atomic E-state index is -0.582. The minimum Gasteiger partial charge on any atom is -0.465 e. The molecule has 0 saturated carbocycles. The quantitative estimate of drug-likeness (QED) is 0.562. The van der Waals surface area contributed by atoms with Crippen LogP contribution in [0.15, 0.2) is 30.3 Å². The number of carbonyl (C=O) groups is 1. The fraction of sp³-hybridized carbons (Fsp3) is 0.500. The molecule has 0 fully saturated rings. The molecule has 18 heavy (non-hydrogen) atoms. The smallest absolute Gasteiger partial charge is 0.322 e. The van der Waals surface area contributed by atoms with Gasteiger partial charge in [0.2, 0.25) is 0 Å². The molecular formula is C14H21NO3. The van der Waals surface area contributed by atoms with Crippen molar-refractivity contribution in [1.29, 1.82) is 0 Å². The second kappa shape index (κ2) is 8.66. The molecule has 1 rings (SSSR count). The van der Waals surface area contributed by atoms with Crippen molar-refractivity contribution in [3.05, 3.63) is 35.9 Å². The van der Waals surface area contributed by atoms with Crippen LogP contribution in [0.5, 0.6) is 0 Å². The summed E-state index contributed by atoms with van der Waals surface area (Å²) in [6, 6.07) is 9.53. The van der Waals surface area contributed by atoms with Crippen LogP contribution >= 0.6 is 0 Å². The molecule has 0 bridgehead atoms. The van der Waals surface area contributed by atoms with E-state index in [-0.39, 0.29) is 5.97 Å². The van der Waals surface area contributed by atoms with Crippen molar-refractivity contribution in [3.63, 3.8) is 0 Å². The number of carbonyl (C=O) groups excluding carboxylic acids is 1. The van der Waals surface area contributed by atoms with Gasteiger partial charge >= 0.3 is 5.97 Å². The number of methoxy groups -OCH3 is 1. The maximum atomic E-state index is 11.5. The van der Waals surface area contributed by atoms with Crippen LogP contribution in [0.25, 0.3) is 0 Å². The second-order valence-corrected chi connectivity index (χ2v) is 4.14. The van der Waals surface area contributed by atoms with Crippen LogP contribution in [0.4, 0.5) is 0 Å². The van der Waals surface area contributed by atoms with Crippen LogP contribution in [0.1, 0.15) is 18.4 Å². The van der Waals surface area contributed by atoms with Crippen molar-refractivity contribution in [3.8, 4) is 0 Å². The molecule has 1 aromatic carbocycles. The van der Waals surface area contributed by atoms with Gasteiger partial charge in [0.1, 0.15) is 6.04 Å². The van der Waals surface area contributed by atoms with Gasteiger partial charge in [-0.15, -0.1) is 0 Å². The van der Waals surface area contributed by atoms with Gasteiger partial charge in [-0.3, -0.25) is 4.79 Å². The number of hydrogen-bond donors (Lipinski definition) is 1. The average molecular weight is 251 g/mol. The van der Waals surface area contributed by atoms with E-state index in [2.05, 4.69) is 12.1 Å². The molecule has 100 valence electrons. The standard InChI is InChI=1S/C14H21NO3/c1-17-11-9-13(15)14(16)18-10-5-8-12-6-3-2-4-7-12/h2-4,6-7,13H,5,8-11,15H2,1H3. The third-order valence-corrected chi connectivity index (χ3v) is 2.63. The highest BCUT2D eigenvalue weighted by atomic mass is 16.5. The summed E-state index contributed by atoms with van der Waals surface area (Å²) < 4.78 is 9.96. The molecule has 0 aromatic heterocycles. The summed E-state index contributed by atoms with van der Waals surface area (Å²) in [5.74, 6) is -0.347. The number of rotatable bonds is 8. The predicted octanol–water partition coefficient (Wildman–Crippen LogP) is 1.53. The average Bonchev–Trinajstić information content (AvgIpc) is 2.41. The number of benzene rings is 1. The Kier molecular flexibility index (Phi) is 7.06. The first-order valence-electron chi connectivity index (χ1n) is 6.19. The Morgan fingerprint density at radius 3 is 2.67 bits per heavy atom. The second-order valence-electron chi connectivity index (χ2n) is 4.14. The number of ether oxygens (including phenoxy) is 2. The van der Waals surface area contributed by atoms with Crippen LogP contribution in [0, 0.1) is 0 Å². The molecule has 4 nitrogen and oxygen atoms in total. The number of nitrogens with two attached hydrogens (primary N) is 1. The van der Waals surface area contributed by atoms with Crippen molar-refractivity contribution in [1.82, 2.24) is 0 Å². The zero-order valence-corrected chi connectivity index (χ0v) is 10.8. The number of aryl methyl sites for hydroxylation is 1. The third-order valence-electron chi connectivity index (χ3n) is 2.63. The van der Waals surface area contributed by atoms with Crippen LogP contribution in [0.3, 0.4) is 0 Å². The molecule has 1 atom stereocenters. The predicted molar refractivity (Wildman–Crippen MR) is 70.2 cm³/mol. The molecule has 0 saturated heterocycles. The topological polar surface area (TPSA) is 61.5 Å². The molecule has 2 N–H and O–H groups in total. The zero-order chi connectivity index (χ0) is 13.2. The Balaban J connectivity index is 2.12. The first-order chi connectivity index (χ1) is 8.74. The summed E-state index contributed by atoms with van der Waals surface area (Å²) in [7, 11) is 1.58. The molecule has 0 spiro atoms. The summed E-state index contributed by atoms with van der Waals surface area (Å²) in [4.78, 5) is 11.5. The molecule has 4 heteroatoms. The van der Waals surface area contributed by atoms with Gasteiger partial charge in [0.25, 0.3) is 0 Å². The van der Waals surface area contributed by atoms with Gasteiger partial charge in [0, 0.05) is 13.7 Å². The molecule has 0 aliphatic heterocycles. The monoisotopic (exact) mass is 251 g/mol. The van der Waals surface area contributed by atoms with Gasteiger partial charge < -0.3 is 15.2 Å². The van der Waals surface area contributed by atoms with Crippen molar-refractivity contribution in [2.45, 2.75) is 25.3 Å². The van der Waals surface area contributed by atoms with Crippen LogP contribution < -0.4 is 5.73 Å². The maximum Gasteiger partial charge on any atom is 0.322 e. The third kappa shape index (κ3) is 5.80. The van der Waals surface area contributed by atoms with E-state index in [0.29, 0.717) is 19.6 Å². The first kappa shape index (κ1) is 14.7. The highest BCUT2D eigenvalue weighted by Gasteiger charge is 2.13. The molecule has 0 aliphatic carbocycles. The van der Waals surface area contributed by atoms with Crippen molar-refractivity contribution >= 4 is 5.97 Å². The van der Waals surface area contributed by atoms with E-state index in [0.717, 1.165) is 12.8 Å². The first-order valence-corrected chi connectivity index (χ1v) is 6.19. The number of esters is 1. The van der Waals surface area contributed by atoms with E-state index in [1.807, 2.05) is 18.2 Å². The Labute approximate surface area is 108 Å². The summed E-state index contributed by atoms with van der Waals surface area (Å²) in [5, 5.41) is 0. The Morgan fingerprint density at radius 1 is 1.28 bits per heavy atom. The van der Waals surface area contributed by atoms with Gasteiger partial charge in [-0.2, -0.15) is 0 Å². The Bertz CT molecular complexity index is 340. The maximum absolute atomic E-state index is 11.5. The van der Waals surface area contributed by atoms with E-state index in [1.54, 1.807) is 7.11 Å². The molecular weight excluding hydrogens is 230 g/mol. The van der Waals surface area contributed by atoms with E-state index in [1.165, 1.54) is 5.56 Å². The lowest BCUT2D eigenvalue weighted by molar-refractivity contribution is -0.145. The normalized spacial score (nSPS) is 12.1. The minimum absolute atomic E-state index is 0.347. The lowest BCUT2D eigenvalue weighted by atomic mass is 10.1. The van der Waals surface area contributed by atoms with Crippen molar-refractivity contribution < 1.29 is 14.3 Å². The van der Waals surface area contributed by atoms with Crippen LogP contribution in [-0.2, 0) is 20.7 Å². The van der Waals surface area contributed by atoms with Gasteiger partial charge in [-0.1, -0.05) is 30.3 Å². The highest BCUT2D eigenvalue weighted by molar-refractivity contribution is 5.75. The largest absolute Gasteiger partial charge is 0.465 e. The summed E-state index contributed by atoms with van der Waals surface area (Å²) >= 11 is 0. The SMILES string of the molecule is COCCC(N)C(=O)OCCCc1ccccc1. The Morgan fingerprint density at radius 2 is 2.00 bits per heavy atom. The fourth-order valence-corrected chi connectivity index (χ4v) is 1.56. The lowest BCUT2D eigenvalue weighted by Crippen LogP contribution is -2.33. The molecule has 0 amide bonds. The zero-order valence-electron chi connectivity index (χ0n) is 10.8. The summed E-state index contributed by atoms with van der Waals surface area (Å²) in [5.41, 5.74) is 6.89.